The first kappa shape index (κ1) is 21.9. The molecule has 27 heavy (non-hydrogen) atoms. The Balaban J connectivity index is 0.00000261. The number of amides is 1. The summed E-state index contributed by atoms with van der Waals surface area (Å²) in [6.45, 7) is 1.39. The number of nitrogen functional groups attached to an aromatic ring is 1. The van der Waals surface area contributed by atoms with Gasteiger partial charge in [-0.3, -0.25) is 4.79 Å². The monoisotopic (exact) mass is 416 g/mol. The quantitative estimate of drug-likeness (QED) is 0.760. The van der Waals surface area contributed by atoms with Crippen LogP contribution in [0.4, 0.5) is 5.69 Å². The Labute approximate surface area is 168 Å². The van der Waals surface area contributed by atoms with Gasteiger partial charge in [-0.05, 0) is 25.0 Å². The molecular formula is C18H29ClN4O3S. The molecule has 3 rings (SSSR count). The Morgan fingerprint density at radius 3 is 2.26 bits per heavy atom. The van der Waals surface area contributed by atoms with E-state index in [-0.39, 0.29) is 24.4 Å². The Bertz CT molecular complexity index is 745. The molecule has 1 aromatic carbocycles. The largest absolute Gasteiger partial charge is 0.398 e. The van der Waals surface area contributed by atoms with E-state index < -0.39 is 10.2 Å². The molecule has 1 saturated heterocycles. The molecule has 7 nitrogen and oxygen atoms in total. The molecule has 1 aliphatic carbocycles. The lowest BCUT2D eigenvalue weighted by atomic mass is 9.96. The van der Waals surface area contributed by atoms with E-state index in [1.165, 1.54) is 10.7 Å². The molecule has 1 saturated carbocycles. The number of anilines is 1. The van der Waals surface area contributed by atoms with E-state index in [2.05, 4.69) is 0 Å². The van der Waals surface area contributed by atoms with Crippen LogP contribution >= 0.6 is 12.4 Å². The fourth-order valence-corrected chi connectivity index (χ4v) is 5.38. The lowest BCUT2D eigenvalue weighted by molar-refractivity contribution is 0.0694. The smallest absolute Gasteiger partial charge is 0.282 e. The minimum Gasteiger partial charge on any atom is -0.398 e. The minimum absolute atomic E-state index is 0. The molecule has 2 aliphatic rings. The van der Waals surface area contributed by atoms with Gasteiger partial charge in [-0.25, -0.2) is 0 Å². The molecule has 0 aromatic heterocycles. The second kappa shape index (κ2) is 9.23. The molecule has 0 atom stereocenters. The molecule has 1 aromatic rings. The van der Waals surface area contributed by atoms with Crippen molar-refractivity contribution in [3.8, 4) is 0 Å². The van der Waals surface area contributed by atoms with E-state index in [0.29, 0.717) is 37.4 Å². The first-order chi connectivity index (χ1) is 12.4. The number of hydrogen-bond acceptors (Lipinski definition) is 4. The van der Waals surface area contributed by atoms with Crippen LogP contribution in [0.25, 0.3) is 0 Å². The van der Waals surface area contributed by atoms with Gasteiger partial charge in [0.2, 0.25) is 0 Å². The Kier molecular flexibility index (Phi) is 7.50. The van der Waals surface area contributed by atoms with Gasteiger partial charge in [-0.1, -0.05) is 31.4 Å². The van der Waals surface area contributed by atoms with Crippen molar-refractivity contribution in [2.75, 3.05) is 39.0 Å². The summed E-state index contributed by atoms with van der Waals surface area (Å²) in [4.78, 5) is 14.3. The van der Waals surface area contributed by atoms with E-state index in [4.69, 9.17) is 5.73 Å². The van der Waals surface area contributed by atoms with E-state index in [1.54, 1.807) is 40.5 Å². The normalized spacial score (nSPS) is 19.7. The van der Waals surface area contributed by atoms with Crippen molar-refractivity contribution >= 4 is 34.2 Å². The zero-order chi connectivity index (χ0) is 18.7. The third-order valence-corrected chi connectivity index (χ3v) is 7.54. The summed E-state index contributed by atoms with van der Waals surface area (Å²) < 4.78 is 28.9. The summed E-state index contributed by atoms with van der Waals surface area (Å²) in [5.41, 5.74) is 6.81. The Morgan fingerprint density at radius 1 is 1.07 bits per heavy atom. The van der Waals surface area contributed by atoms with Crippen molar-refractivity contribution in [3.05, 3.63) is 29.8 Å². The van der Waals surface area contributed by atoms with E-state index >= 15 is 0 Å². The SMILES string of the molecule is CN(C1CCCCC1)S(=O)(=O)N1CCN(C(=O)c2ccccc2N)CC1.Cl. The second-order valence-corrected chi connectivity index (χ2v) is 9.08. The lowest BCUT2D eigenvalue weighted by Crippen LogP contribution is -2.55. The first-order valence-electron chi connectivity index (χ1n) is 9.28. The van der Waals surface area contributed by atoms with Crippen LogP contribution in [0.3, 0.4) is 0 Å². The van der Waals surface area contributed by atoms with Gasteiger partial charge in [0.25, 0.3) is 16.1 Å². The van der Waals surface area contributed by atoms with Crippen molar-refractivity contribution in [3.63, 3.8) is 0 Å². The lowest BCUT2D eigenvalue weighted by Gasteiger charge is -2.38. The standard InChI is InChI=1S/C18H28N4O3S.ClH/c1-20(15-7-3-2-4-8-15)26(24,25)22-13-11-21(12-14-22)18(23)16-9-5-6-10-17(16)19;/h5-6,9-10,15H,2-4,7-8,11-14,19H2,1H3;1H. The van der Waals surface area contributed by atoms with Crippen LogP contribution in [0, 0.1) is 0 Å². The number of halogens is 1. The molecule has 2 fully saturated rings. The van der Waals surface area contributed by atoms with Crippen molar-refractivity contribution in [2.45, 2.75) is 38.1 Å². The fraction of sp³-hybridized carbons (Fsp3) is 0.611. The van der Waals surface area contributed by atoms with Crippen molar-refractivity contribution in [1.29, 1.82) is 0 Å². The zero-order valence-corrected chi connectivity index (χ0v) is 17.3. The number of para-hydroxylation sites is 1. The molecule has 1 heterocycles. The number of hydrogen-bond donors (Lipinski definition) is 1. The summed E-state index contributed by atoms with van der Waals surface area (Å²) in [6.07, 6.45) is 5.23. The summed E-state index contributed by atoms with van der Waals surface area (Å²) in [7, 11) is -1.79. The van der Waals surface area contributed by atoms with Crippen LogP contribution < -0.4 is 5.73 Å². The molecule has 0 unspecified atom stereocenters. The third kappa shape index (κ3) is 4.74. The van der Waals surface area contributed by atoms with Gasteiger partial charge in [-0.15, -0.1) is 12.4 Å². The Hall–Kier alpha value is -1.35. The average molecular weight is 417 g/mol. The van der Waals surface area contributed by atoms with Crippen LogP contribution in [-0.2, 0) is 10.2 Å². The van der Waals surface area contributed by atoms with Crippen molar-refractivity contribution < 1.29 is 13.2 Å². The van der Waals surface area contributed by atoms with Crippen LogP contribution in [0.2, 0.25) is 0 Å². The predicted octanol–water partition coefficient (Wildman–Crippen LogP) is 1.96. The molecule has 1 amide bonds. The molecule has 9 heteroatoms. The molecule has 0 radical (unpaired) electrons. The summed E-state index contributed by atoms with van der Waals surface area (Å²) in [6, 6.07) is 7.07. The zero-order valence-electron chi connectivity index (χ0n) is 15.7. The number of piperazine rings is 1. The van der Waals surface area contributed by atoms with Crippen molar-refractivity contribution in [2.24, 2.45) is 0 Å². The van der Waals surface area contributed by atoms with Crippen molar-refractivity contribution in [1.82, 2.24) is 13.5 Å². The summed E-state index contributed by atoms with van der Waals surface area (Å²) in [5.74, 6) is -0.138. The number of nitrogens with zero attached hydrogens (tertiary/aromatic N) is 3. The van der Waals surface area contributed by atoms with Gasteiger partial charge in [0.05, 0.1) is 5.56 Å². The third-order valence-electron chi connectivity index (χ3n) is 5.50. The maximum atomic E-state index is 12.9. The summed E-state index contributed by atoms with van der Waals surface area (Å²) >= 11 is 0. The van der Waals surface area contributed by atoms with Gasteiger partial charge in [0.15, 0.2) is 0 Å². The predicted molar refractivity (Wildman–Crippen MR) is 109 cm³/mol. The van der Waals surface area contributed by atoms with Crippen LogP contribution in [0.1, 0.15) is 42.5 Å². The highest BCUT2D eigenvalue weighted by atomic mass is 35.5. The van der Waals surface area contributed by atoms with Crippen LogP contribution in [0.5, 0.6) is 0 Å². The number of carbonyl (C=O) groups is 1. The van der Waals surface area contributed by atoms with Gasteiger partial charge in [0, 0.05) is 45.0 Å². The number of carbonyl (C=O) groups excluding carboxylic acids is 1. The molecule has 1 aliphatic heterocycles. The molecular weight excluding hydrogens is 388 g/mol. The van der Waals surface area contributed by atoms with Crippen LogP contribution in [-0.4, -0.2) is 67.1 Å². The molecule has 152 valence electrons. The fourth-order valence-electron chi connectivity index (χ4n) is 3.80. The highest BCUT2D eigenvalue weighted by Gasteiger charge is 2.35. The van der Waals surface area contributed by atoms with Gasteiger partial charge in [0.1, 0.15) is 0 Å². The first-order valence-corrected chi connectivity index (χ1v) is 10.7. The average Bonchev–Trinajstić information content (AvgIpc) is 2.68. The number of rotatable bonds is 4. The molecule has 0 bridgehead atoms. The van der Waals surface area contributed by atoms with Gasteiger partial charge >= 0.3 is 0 Å². The van der Waals surface area contributed by atoms with E-state index in [0.717, 1.165) is 25.7 Å². The topological polar surface area (TPSA) is 87.0 Å². The number of benzene rings is 1. The van der Waals surface area contributed by atoms with E-state index in [9.17, 15) is 13.2 Å². The second-order valence-electron chi connectivity index (χ2n) is 7.09. The van der Waals surface area contributed by atoms with Crippen LogP contribution in [0.15, 0.2) is 24.3 Å². The molecule has 2 N–H and O–H groups in total. The number of nitrogens with two attached hydrogens (primary N) is 1. The Morgan fingerprint density at radius 2 is 1.67 bits per heavy atom. The van der Waals surface area contributed by atoms with Gasteiger partial charge in [-0.2, -0.15) is 17.0 Å². The maximum Gasteiger partial charge on any atom is 0.282 e. The highest BCUT2D eigenvalue weighted by molar-refractivity contribution is 7.86. The van der Waals surface area contributed by atoms with E-state index in [1.807, 2.05) is 0 Å². The maximum absolute atomic E-state index is 12.9. The van der Waals surface area contributed by atoms with Gasteiger partial charge < -0.3 is 10.6 Å². The molecule has 0 spiro atoms. The summed E-state index contributed by atoms with van der Waals surface area (Å²) in [5, 5.41) is 0. The minimum atomic E-state index is -3.48. The highest BCUT2D eigenvalue weighted by Crippen LogP contribution is 2.25.